The molecule has 1 unspecified atom stereocenters. The zero-order valence-electron chi connectivity index (χ0n) is 21.2. The van der Waals surface area contributed by atoms with Crippen LogP contribution in [0.25, 0.3) is 22.3 Å². The second-order valence-electron chi connectivity index (χ2n) is 9.76. The van der Waals surface area contributed by atoms with Crippen LogP contribution in [0, 0.1) is 6.92 Å². The van der Waals surface area contributed by atoms with Gasteiger partial charge in [-0.05, 0) is 49.1 Å². The Labute approximate surface area is 220 Å². The summed E-state index contributed by atoms with van der Waals surface area (Å²) in [5, 5.41) is 8.33. The van der Waals surface area contributed by atoms with Crippen LogP contribution in [0.1, 0.15) is 46.6 Å². The average Bonchev–Trinajstić information content (AvgIpc) is 3.63. The third kappa shape index (κ3) is 4.49. The van der Waals surface area contributed by atoms with Crippen LogP contribution in [0.4, 0.5) is 0 Å². The highest BCUT2D eigenvalue weighted by atomic mass is 32.2. The van der Waals surface area contributed by atoms with E-state index in [1.807, 2.05) is 49.4 Å². The number of carbonyl (C=O) groups excluding carboxylic acids is 1. The maximum atomic E-state index is 13.6. The van der Waals surface area contributed by atoms with Gasteiger partial charge >= 0.3 is 0 Å². The first-order valence-corrected chi connectivity index (χ1v) is 14.5. The second-order valence-corrected chi connectivity index (χ2v) is 12.0. The summed E-state index contributed by atoms with van der Waals surface area (Å²) in [4.78, 5) is 18.5. The monoisotopic (exact) mass is 532 g/mol. The molecule has 0 aliphatic carbocycles. The molecule has 2 aliphatic heterocycles. The minimum absolute atomic E-state index is 0.0198. The number of fused-ring (bicyclic) bond motifs is 2. The van der Waals surface area contributed by atoms with Crippen LogP contribution in [0.3, 0.4) is 0 Å². The summed E-state index contributed by atoms with van der Waals surface area (Å²) in [5.41, 5.74) is 5.21. The first kappa shape index (κ1) is 24.4. The van der Waals surface area contributed by atoms with E-state index in [0.717, 1.165) is 17.5 Å². The Kier molecular flexibility index (Phi) is 6.06. The van der Waals surface area contributed by atoms with E-state index in [1.54, 1.807) is 10.7 Å². The van der Waals surface area contributed by atoms with Crippen LogP contribution in [0.2, 0.25) is 0 Å². The lowest BCUT2D eigenvalue weighted by Gasteiger charge is -2.13. The fourth-order valence-corrected chi connectivity index (χ4v) is 6.79. The number of sulfone groups is 1. The highest BCUT2D eigenvalue weighted by molar-refractivity contribution is 7.91. The number of benzene rings is 2. The molecule has 2 aromatic heterocycles. The lowest BCUT2D eigenvalue weighted by Crippen LogP contribution is -2.23. The Bertz CT molecular complexity index is 1660. The lowest BCUT2D eigenvalue weighted by molar-refractivity contribution is 0.0952. The zero-order valence-corrected chi connectivity index (χ0v) is 22.0. The summed E-state index contributed by atoms with van der Waals surface area (Å²) in [5.74, 6) is 1.23. The summed E-state index contributed by atoms with van der Waals surface area (Å²) < 4.78 is 37.0. The van der Waals surface area contributed by atoms with Crippen molar-refractivity contribution in [3.05, 3.63) is 70.9 Å². The van der Waals surface area contributed by atoms with E-state index in [9.17, 15) is 13.2 Å². The number of ether oxygens (including phenoxy) is 2. The van der Waals surface area contributed by atoms with Crippen molar-refractivity contribution in [3.8, 4) is 22.8 Å². The summed E-state index contributed by atoms with van der Waals surface area (Å²) >= 11 is 0. The van der Waals surface area contributed by atoms with Gasteiger partial charge in [0.25, 0.3) is 5.91 Å². The van der Waals surface area contributed by atoms with E-state index in [4.69, 9.17) is 14.5 Å². The van der Waals surface area contributed by atoms with Crippen molar-refractivity contribution < 1.29 is 22.7 Å². The molecule has 1 fully saturated rings. The lowest BCUT2D eigenvalue weighted by atomic mass is 10.0. The summed E-state index contributed by atoms with van der Waals surface area (Å²) in [6.45, 7) is 4.41. The smallest absolute Gasteiger partial charge is 0.252 e. The van der Waals surface area contributed by atoms with Crippen LogP contribution in [0.5, 0.6) is 11.5 Å². The molecule has 4 heterocycles. The third-order valence-electron chi connectivity index (χ3n) is 7.18. The zero-order chi connectivity index (χ0) is 26.4. The Morgan fingerprint density at radius 1 is 1.08 bits per heavy atom. The highest BCUT2D eigenvalue weighted by Gasteiger charge is 2.32. The van der Waals surface area contributed by atoms with E-state index in [0.29, 0.717) is 52.4 Å². The second kappa shape index (κ2) is 9.43. The van der Waals surface area contributed by atoms with Crippen molar-refractivity contribution in [1.82, 2.24) is 20.1 Å². The normalized spacial score (nSPS) is 17.7. The fourth-order valence-electron chi connectivity index (χ4n) is 5.10. The molecule has 1 atom stereocenters. The van der Waals surface area contributed by atoms with Gasteiger partial charge in [0.15, 0.2) is 27.0 Å². The topological polar surface area (TPSA) is 112 Å². The number of hydrogen-bond donors (Lipinski definition) is 1. The Morgan fingerprint density at radius 2 is 1.84 bits per heavy atom. The maximum absolute atomic E-state index is 13.6. The number of aromatic nitrogens is 3. The van der Waals surface area contributed by atoms with Gasteiger partial charge in [0.2, 0.25) is 6.79 Å². The number of pyridine rings is 1. The number of carbonyl (C=O) groups is 1. The summed E-state index contributed by atoms with van der Waals surface area (Å²) in [6.07, 6.45) is 1.39. The summed E-state index contributed by atoms with van der Waals surface area (Å²) in [7, 11) is -3.13. The molecule has 10 heteroatoms. The maximum Gasteiger partial charge on any atom is 0.252 e. The Balaban J connectivity index is 1.40. The molecule has 38 heavy (non-hydrogen) atoms. The minimum Gasteiger partial charge on any atom is -0.454 e. The predicted octanol–water partition coefficient (Wildman–Crippen LogP) is 3.99. The molecule has 0 bridgehead atoms. The van der Waals surface area contributed by atoms with Gasteiger partial charge < -0.3 is 14.8 Å². The van der Waals surface area contributed by atoms with Gasteiger partial charge in [0.1, 0.15) is 0 Å². The number of amides is 1. The molecule has 4 aromatic rings. The molecule has 0 saturated carbocycles. The first-order chi connectivity index (χ1) is 18.3. The van der Waals surface area contributed by atoms with Crippen molar-refractivity contribution >= 4 is 26.8 Å². The van der Waals surface area contributed by atoms with E-state index in [1.165, 1.54) is 5.56 Å². The molecule has 1 amide bonds. The molecular weight excluding hydrogens is 504 g/mol. The van der Waals surface area contributed by atoms with Gasteiger partial charge in [0.05, 0.1) is 39.9 Å². The van der Waals surface area contributed by atoms with E-state index >= 15 is 0 Å². The Hall–Kier alpha value is -3.92. The number of aryl methyl sites for hydroxylation is 2. The standard InChI is InChI=1S/C28H28N4O5S/c1-3-18-4-7-20(8-5-18)23-13-22(28(33)29-14-19-6-9-24-25(12-19)37-16-36-24)26-17(2)31-32(27(26)30-23)21-10-11-38(34,35)15-21/h4-9,12-13,21H,3,10-11,14-16H2,1-2H3,(H,29,33). The molecular formula is C28H28N4O5S. The number of nitrogens with one attached hydrogen (secondary N) is 1. The van der Waals surface area contributed by atoms with Crippen LogP contribution in [-0.4, -0.2) is 47.4 Å². The molecule has 196 valence electrons. The van der Waals surface area contributed by atoms with E-state index < -0.39 is 9.84 Å². The molecule has 2 aromatic carbocycles. The van der Waals surface area contributed by atoms with Crippen LogP contribution >= 0.6 is 0 Å². The van der Waals surface area contributed by atoms with Crippen LogP contribution in [-0.2, 0) is 22.8 Å². The summed E-state index contributed by atoms with van der Waals surface area (Å²) in [6, 6.07) is 15.1. The molecule has 1 saturated heterocycles. The number of nitrogens with zero attached hydrogens (tertiary/aromatic N) is 3. The molecule has 1 N–H and O–H groups in total. The van der Waals surface area contributed by atoms with Crippen molar-refractivity contribution in [2.45, 2.75) is 39.3 Å². The number of rotatable bonds is 6. The van der Waals surface area contributed by atoms with Gasteiger partial charge in [-0.1, -0.05) is 37.3 Å². The highest BCUT2D eigenvalue weighted by Crippen LogP contribution is 2.34. The van der Waals surface area contributed by atoms with E-state index in [2.05, 4.69) is 17.3 Å². The van der Waals surface area contributed by atoms with Crippen molar-refractivity contribution in [3.63, 3.8) is 0 Å². The van der Waals surface area contributed by atoms with Crippen molar-refractivity contribution in [1.29, 1.82) is 0 Å². The minimum atomic E-state index is -3.13. The average molecular weight is 533 g/mol. The molecule has 0 radical (unpaired) electrons. The Morgan fingerprint density at radius 3 is 2.58 bits per heavy atom. The quantitative estimate of drug-likeness (QED) is 0.400. The first-order valence-electron chi connectivity index (χ1n) is 12.7. The van der Waals surface area contributed by atoms with Crippen LogP contribution in [0.15, 0.2) is 48.5 Å². The van der Waals surface area contributed by atoms with Crippen LogP contribution < -0.4 is 14.8 Å². The number of hydrogen-bond acceptors (Lipinski definition) is 7. The molecule has 2 aliphatic rings. The fraction of sp³-hybridized carbons (Fsp3) is 0.321. The molecule has 6 rings (SSSR count). The van der Waals surface area contributed by atoms with Gasteiger partial charge in [-0.25, -0.2) is 18.1 Å². The van der Waals surface area contributed by atoms with Gasteiger partial charge in [-0.3, -0.25) is 4.79 Å². The van der Waals surface area contributed by atoms with Gasteiger partial charge in [-0.15, -0.1) is 0 Å². The molecule has 0 spiro atoms. The predicted molar refractivity (Wildman–Crippen MR) is 143 cm³/mol. The van der Waals surface area contributed by atoms with E-state index in [-0.39, 0.29) is 30.2 Å². The van der Waals surface area contributed by atoms with Crippen molar-refractivity contribution in [2.24, 2.45) is 0 Å². The van der Waals surface area contributed by atoms with Crippen molar-refractivity contribution in [2.75, 3.05) is 18.3 Å². The largest absolute Gasteiger partial charge is 0.454 e. The van der Waals surface area contributed by atoms with Gasteiger partial charge in [0, 0.05) is 12.1 Å². The SMILES string of the molecule is CCc1ccc(-c2cc(C(=O)NCc3ccc4c(c3)OCO4)c3c(C)nn(C4CCS(=O)(=O)C4)c3n2)cc1. The molecule has 9 nitrogen and oxygen atoms in total. The van der Waals surface area contributed by atoms with Gasteiger partial charge in [-0.2, -0.15) is 5.10 Å². The third-order valence-corrected chi connectivity index (χ3v) is 8.93.